The van der Waals surface area contributed by atoms with Gasteiger partial charge < -0.3 is 14.8 Å². The molecule has 0 aromatic heterocycles. The minimum absolute atomic E-state index is 0.0157. The number of hydrogen-bond acceptors (Lipinski definition) is 4. The molecule has 0 bridgehead atoms. The number of carbonyl (C=O) groups excluding carboxylic acids is 1. The van der Waals surface area contributed by atoms with E-state index in [4.69, 9.17) is 9.47 Å². The summed E-state index contributed by atoms with van der Waals surface area (Å²) in [5.41, 5.74) is 3.80. The Morgan fingerprint density at radius 2 is 1.70 bits per heavy atom. The van der Waals surface area contributed by atoms with Crippen LogP contribution in [0.25, 0.3) is 0 Å². The lowest BCUT2D eigenvalue weighted by Crippen LogP contribution is -2.44. The average Bonchev–Trinajstić information content (AvgIpc) is 2.74. The average molecular weight is 411 g/mol. The van der Waals surface area contributed by atoms with Crippen LogP contribution in [0.3, 0.4) is 0 Å². The number of rotatable bonds is 7. The summed E-state index contributed by atoms with van der Waals surface area (Å²) in [5, 5.41) is 3.06. The Hall–Kier alpha value is -2.37. The van der Waals surface area contributed by atoms with E-state index in [2.05, 4.69) is 55.3 Å². The highest BCUT2D eigenvalue weighted by Gasteiger charge is 2.24. The second-order valence-electron chi connectivity index (χ2n) is 8.94. The standard InChI is InChI=1S/C25H34N2O3/c1-19-5-11-22(12-6-19)30-18-24(28)26-17-23(27-13-15-29-16-14-27)20-7-9-21(10-8-20)25(2,3)4/h5-12,23H,13-18H2,1-4H3,(H,26,28)/t23-/m1/s1. The number of ether oxygens (including phenoxy) is 2. The number of hydrogen-bond donors (Lipinski definition) is 1. The van der Waals surface area contributed by atoms with Gasteiger partial charge in [-0.3, -0.25) is 9.69 Å². The summed E-state index contributed by atoms with van der Waals surface area (Å²) in [6.45, 7) is 12.4. The molecule has 162 valence electrons. The van der Waals surface area contributed by atoms with Gasteiger partial charge in [0, 0.05) is 19.6 Å². The first-order chi connectivity index (χ1) is 14.3. The van der Waals surface area contributed by atoms with Crippen LogP contribution in [-0.2, 0) is 14.9 Å². The van der Waals surface area contributed by atoms with Crippen molar-refractivity contribution in [3.8, 4) is 5.75 Å². The fourth-order valence-electron chi connectivity index (χ4n) is 3.60. The van der Waals surface area contributed by atoms with E-state index < -0.39 is 0 Å². The summed E-state index contributed by atoms with van der Waals surface area (Å²) >= 11 is 0. The van der Waals surface area contributed by atoms with Crippen LogP contribution in [-0.4, -0.2) is 50.3 Å². The van der Waals surface area contributed by atoms with Gasteiger partial charge in [0.2, 0.25) is 0 Å². The van der Waals surface area contributed by atoms with Crippen molar-refractivity contribution in [1.82, 2.24) is 10.2 Å². The summed E-state index contributed by atoms with van der Waals surface area (Å²) in [5.74, 6) is 0.596. The van der Waals surface area contributed by atoms with Crippen molar-refractivity contribution < 1.29 is 14.3 Å². The molecule has 1 aliphatic heterocycles. The number of carbonyl (C=O) groups is 1. The van der Waals surface area contributed by atoms with Crippen molar-refractivity contribution in [2.45, 2.75) is 39.2 Å². The number of amides is 1. The largest absolute Gasteiger partial charge is 0.484 e. The fraction of sp³-hybridized carbons (Fsp3) is 0.480. The van der Waals surface area contributed by atoms with Gasteiger partial charge in [0.1, 0.15) is 5.75 Å². The van der Waals surface area contributed by atoms with Crippen LogP contribution in [0.5, 0.6) is 5.75 Å². The quantitative estimate of drug-likeness (QED) is 0.753. The van der Waals surface area contributed by atoms with Crippen LogP contribution in [0, 0.1) is 6.92 Å². The zero-order valence-electron chi connectivity index (χ0n) is 18.6. The Morgan fingerprint density at radius 3 is 2.30 bits per heavy atom. The monoisotopic (exact) mass is 410 g/mol. The summed E-state index contributed by atoms with van der Waals surface area (Å²) in [4.78, 5) is 14.8. The third-order valence-corrected chi connectivity index (χ3v) is 5.53. The van der Waals surface area contributed by atoms with E-state index in [1.807, 2.05) is 31.2 Å². The highest BCUT2D eigenvalue weighted by atomic mass is 16.5. The Labute approximate surface area is 180 Å². The van der Waals surface area contributed by atoms with Crippen molar-refractivity contribution in [3.05, 3.63) is 65.2 Å². The number of nitrogens with one attached hydrogen (secondary N) is 1. The van der Waals surface area contributed by atoms with Crippen LogP contribution in [0.2, 0.25) is 0 Å². The molecule has 1 fully saturated rings. The van der Waals surface area contributed by atoms with Gasteiger partial charge in [-0.25, -0.2) is 0 Å². The van der Waals surface area contributed by atoms with Crippen molar-refractivity contribution in [2.75, 3.05) is 39.5 Å². The van der Waals surface area contributed by atoms with E-state index in [9.17, 15) is 4.79 Å². The molecule has 0 radical (unpaired) electrons. The molecule has 0 saturated carbocycles. The summed E-state index contributed by atoms with van der Waals surface area (Å²) in [7, 11) is 0. The van der Waals surface area contributed by atoms with Crippen molar-refractivity contribution in [1.29, 1.82) is 0 Å². The van der Waals surface area contributed by atoms with E-state index in [0.29, 0.717) is 12.3 Å². The van der Waals surface area contributed by atoms with Gasteiger partial charge >= 0.3 is 0 Å². The van der Waals surface area contributed by atoms with Gasteiger partial charge in [-0.15, -0.1) is 0 Å². The third-order valence-electron chi connectivity index (χ3n) is 5.53. The molecule has 1 heterocycles. The van der Waals surface area contributed by atoms with Crippen LogP contribution in [0.1, 0.15) is 43.5 Å². The molecule has 0 aliphatic carbocycles. The smallest absolute Gasteiger partial charge is 0.258 e. The second kappa shape index (κ2) is 10.1. The van der Waals surface area contributed by atoms with E-state index in [1.54, 1.807) is 0 Å². The number of morpholine rings is 1. The minimum Gasteiger partial charge on any atom is -0.484 e. The molecule has 2 aromatic rings. The highest BCUT2D eigenvalue weighted by Crippen LogP contribution is 2.26. The fourth-order valence-corrected chi connectivity index (χ4v) is 3.60. The SMILES string of the molecule is Cc1ccc(OCC(=O)NC[C@H](c2ccc(C(C)(C)C)cc2)N2CCOCC2)cc1. The Morgan fingerprint density at radius 1 is 1.07 bits per heavy atom. The molecule has 1 aliphatic rings. The van der Waals surface area contributed by atoms with E-state index in [1.165, 1.54) is 11.1 Å². The maximum atomic E-state index is 12.4. The molecule has 1 amide bonds. The molecule has 1 atom stereocenters. The first-order valence-electron chi connectivity index (χ1n) is 10.7. The summed E-state index contributed by atoms with van der Waals surface area (Å²) in [6, 6.07) is 16.6. The lowest BCUT2D eigenvalue weighted by Gasteiger charge is -2.35. The minimum atomic E-state index is -0.111. The van der Waals surface area contributed by atoms with Crippen molar-refractivity contribution in [2.24, 2.45) is 0 Å². The molecule has 30 heavy (non-hydrogen) atoms. The van der Waals surface area contributed by atoms with Crippen LogP contribution >= 0.6 is 0 Å². The Bertz CT molecular complexity index is 804. The first-order valence-corrected chi connectivity index (χ1v) is 10.7. The zero-order chi connectivity index (χ0) is 21.6. The van der Waals surface area contributed by atoms with Gasteiger partial charge in [0.05, 0.1) is 19.3 Å². The maximum Gasteiger partial charge on any atom is 0.258 e. The molecular weight excluding hydrogens is 376 g/mol. The van der Waals surface area contributed by atoms with Gasteiger partial charge in [-0.1, -0.05) is 62.7 Å². The van der Waals surface area contributed by atoms with E-state index in [-0.39, 0.29) is 24.0 Å². The number of nitrogens with zero attached hydrogens (tertiary/aromatic N) is 1. The Balaban J connectivity index is 1.62. The van der Waals surface area contributed by atoms with Gasteiger partial charge in [-0.05, 0) is 35.6 Å². The third kappa shape index (κ3) is 6.31. The zero-order valence-corrected chi connectivity index (χ0v) is 18.6. The molecule has 1 saturated heterocycles. The molecule has 0 unspecified atom stereocenters. The lowest BCUT2D eigenvalue weighted by atomic mass is 9.86. The Kier molecular flexibility index (Phi) is 7.51. The lowest BCUT2D eigenvalue weighted by molar-refractivity contribution is -0.123. The molecular formula is C25H34N2O3. The second-order valence-corrected chi connectivity index (χ2v) is 8.94. The molecule has 5 nitrogen and oxygen atoms in total. The van der Waals surface area contributed by atoms with Gasteiger partial charge in [0.15, 0.2) is 6.61 Å². The predicted octanol–water partition coefficient (Wildman–Crippen LogP) is 3.86. The number of aryl methyl sites for hydroxylation is 1. The van der Waals surface area contributed by atoms with Gasteiger partial charge in [-0.2, -0.15) is 0 Å². The predicted molar refractivity (Wildman–Crippen MR) is 120 cm³/mol. The molecule has 5 heteroatoms. The van der Waals surface area contributed by atoms with Crippen molar-refractivity contribution in [3.63, 3.8) is 0 Å². The van der Waals surface area contributed by atoms with Crippen LogP contribution in [0.15, 0.2) is 48.5 Å². The van der Waals surface area contributed by atoms with E-state index in [0.717, 1.165) is 31.9 Å². The van der Waals surface area contributed by atoms with Crippen LogP contribution < -0.4 is 10.1 Å². The highest BCUT2D eigenvalue weighted by molar-refractivity contribution is 5.77. The molecule has 1 N–H and O–H groups in total. The van der Waals surface area contributed by atoms with E-state index >= 15 is 0 Å². The summed E-state index contributed by atoms with van der Waals surface area (Å²) in [6.07, 6.45) is 0. The topological polar surface area (TPSA) is 50.8 Å². The van der Waals surface area contributed by atoms with Crippen LogP contribution in [0.4, 0.5) is 0 Å². The molecule has 0 spiro atoms. The maximum absolute atomic E-state index is 12.4. The normalized spacial score (nSPS) is 16.1. The first kappa shape index (κ1) is 22.3. The number of benzene rings is 2. The summed E-state index contributed by atoms with van der Waals surface area (Å²) < 4.78 is 11.1. The van der Waals surface area contributed by atoms with Crippen molar-refractivity contribution >= 4 is 5.91 Å². The molecule has 3 rings (SSSR count). The van der Waals surface area contributed by atoms with Gasteiger partial charge in [0.25, 0.3) is 5.91 Å². The molecule has 2 aromatic carbocycles.